The van der Waals surface area contributed by atoms with Gasteiger partial charge in [-0.25, -0.2) is 4.79 Å². The summed E-state index contributed by atoms with van der Waals surface area (Å²) >= 11 is 6.15. The van der Waals surface area contributed by atoms with Crippen molar-refractivity contribution in [2.24, 2.45) is 0 Å². The largest absolute Gasteiger partial charge is 0.444 e. The number of alkyl carbamates (subject to hydrolysis) is 1. The van der Waals surface area contributed by atoms with E-state index >= 15 is 0 Å². The molecule has 2 atom stereocenters. The van der Waals surface area contributed by atoms with Gasteiger partial charge in [0.2, 0.25) is 5.91 Å². The highest BCUT2D eigenvalue weighted by atomic mass is 35.5. The molecule has 150 valence electrons. The van der Waals surface area contributed by atoms with Crippen molar-refractivity contribution in [3.8, 4) is 0 Å². The van der Waals surface area contributed by atoms with Crippen LogP contribution in [0.3, 0.4) is 0 Å². The Labute approximate surface area is 166 Å². The SMILES string of the molecule is CC(NC(=O)OC(C)(C)C)C(=O)NCC(c1cccc(Cl)c1)N1CCCC1. The summed E-state index contributed by atoms with van der Waals surface area (Å²) in [6.07, 6.45) is 1.71. The lowest BCUT2D eigenvalue weighted by Gasteiger charge is -2.29. The second-order valence-electron chi connectivity index (χ2n) is 7.93. The predicted octanol–water partition coefficient (Wildman–Crippen LogP) is 3.51. The van der Waals surface area contributed by atoms with Crippen LogP contribution < -0.4 is 10.6 Å². The molecule has 0 spiro atoms. The van der Waals surface area contributed by atoms with E-state index in [1.807, 2.05) is 24.3 Å². The Morgan fingerprint density at radius 3 is 2.52 bits per heavy atom. The molecule has 6 nitrogen and oxygen atoms in total. The number of amides is 2. The summed E-state index contributed by atoms with van der Waals surface area (Å²) in [7, 11) is 0. The summed E-state index contributed by atoms with van der Waals surface area (Å²) in [4.78, 5) is 26.6. The van der Waals surface area contributed by atoms with Gasteiger partial charge in [0.1, 0.15) is 11.6 Å². The predicted molar refractivity (Wildman–Crippen MR) is 107 cm³/mol. The fourth-order valence-corrected chi connectivity index (χ4v) is 3.32. The number of carbonyl (C=O) groups excluding carboxylic acids is 2. The highest BCUT2D eigenvalue weighted by Crippen LogP contribution is 2.26. The molecule has 1 aromatic rings. The quantitative estimate of drug-likeness (QED) is 0.773. The van der Waals surface area contributed by atoms with Crippen molar-refractivity contribution in [2.45, 2.75) is 58.2 Å². The molecule has 1 fully saturated rings. The van der Waals surface area contributed by atoms with Crippen LogP contribution in [-0.4, -0.2) is 48.2 Å². The average molecular weight is 396 g/mol. The summed E-state index contributed by atoms with van der Waals surface area (Å²) in [5, 5.41) is 6.21. The van der Waals surface area contributed by atoms with Crippen LogP contribution in [-0.2, 0) is 9.53 Å². The number of ether oxygens (including phenoxy) is 1. The maximum atomic E-state index is 12.4. The number of halogens is 1. The van der Waals surface area contributed by atoms with Gasteiger partial charge in [-0.15, -0.1) is 0 Å². The molecule has 1 heterocycles. The number of hydrogen-bond acceptors (Lipinski definition) is 4. The van der Waals surface area contributed by atoms with Gasteiger partial charge in [0.05, 0.1) is 6.04 Å². The van der Waals surface area contributed by atoms with Crippen molar-refractivity contribution >= 4 is 23.6 Å². The average Bonchev–Trinajstić information content (AvgIpc) is 3.07. The first-order valence-corrected chi connectivity index (χ1v) is 9.80. The Morgan fingerprint density at radius 2 is 1.93 bits per heavy atom. The van der Waals surface area contributed by atoms with E-state index in [9.17, 15) is 9.59 Å². The Balaban J connectivity index is 1.95. The molecule has 1 aromatic carbocycles. The zero-order chi connectivity index (χ0) is 20.0. The third kappa shape index (κ3) is 7.03. The Kier molecular flexibility index (Phi) is 7.50. The van der Waals surface area contributed by atoms with E-state index in [2.05, 4.69) is 15.5 Å². The monoisotopic (exact) mass is 395 g/mol. The van der Waals surface area contributed by atoms with E-state index in [1.165, 1.54) is 0 Å². The molecular weight excluding hydrogens is 366 g/mol. The maximum Gasteiger partial charge on any atom is 0.408 e. The van der Waals surface area contributed by atoms with E-state index in [4.69, 9.17) is 16.3 Å². The first-order valence-electron chi connectivity index (χ1n) is 9.42. The van der Waals surface area contributed by atoms with E-state index in [0.29, 0.717) is 11.6 Å². The number of rotatable bonds is 6. The zero-order valence-electron chi connectivity index (χ0n) is 16.5. The smallest absolute Gasteiger partial charge is 0.408 e. The summed E-state index contributed by atoms with van der Waals surface area (Å²) in [6, 6.07) is 7.12. The van der Waals surface area contributed by atoms with Crippen LogP contribution in [0.25, 0.3) is 0 Å². The molecular formula is C20H30ClN3O3. The van der Waals surface area contributed by atoms with Gasteiger partial charge in [-0.1, -0.05) is 23.7 Å². The lowest BCUT2D eigenvalue weighted by Crippen LogP contribution is -2.48. The number of benzene rings is 1. The highest BCUT2D eigenvalue weighted by molar-refractivity contribution is 6.30. The van der Waals surface area contributed by atoms with Crippen LogP contribution >= 0.6 is 11.6 Å². The molecule has 7 heteroatoms. The molecule has 2 amide bonds. The van der Waals surface area contributed by atoms with E-state index < -0.39 is 17.7 Å². The molecule has 0 aromatic heterocycles. The molecule has 0 radical (unpaired) electrons. The van der Waals surface area contributed by atoms with Gasteiger partial charge >= 0.3 is 6.09 Å². The first-order chi connectivity index (χ1) is 12.7. The van der Waals surface area contributed by atoms with Crippen molar-refractivity contribution in [3.05, 3.63) is 34.9 Å². The summed E-state index contributed by atoms with van der Waals surface area (Å²) < 4.78 is 5.19. The van der Waals surface area contributed by atoms with Crippen LogP contribution in [0.5, 0.6) is 0 Å². The number of nitrogens with zero attached hydrogens (tertiary/aromatic N) is 1. The van der Waals surface area contributed by atoms with Gasteiger partial charge in [-0.05, 0) is 71.3 Å². The van der Waals surface area contributed by atoms with E-state index in [-0.39, 0.29) is 11.9 Å². The minimum Gasteiger partial charge on any atom is -0.444 e. The van der Waals surface area contributed by atoms with Crippen molar-refractivity contribution in [1.29, 1.82) is 0 Å². The number of hydrogen-bond donors (Lipinski definition) is 2. The highest BCUT2D eigenvalue weighted by Gasteiger charge is 2.26. The molecule has 2 rings (SSSR count). The van der Waals surface area contributed by atoms with Gasteiger partial charge < -0.3 is 15.4 Å². The van der Waals surface area contributed by atoms with Gasteiger partial charge in [-0.3, -0.25) is 9.69 Å². The van der Waals surface area contributed by atoms with Crippen LogP contribution in [0.15, 0.2) is 24.3 Å². The van der Waals surface area contributed by atoms with E-state index in [0.717, 1.165) is 31.5 Å². The summed E-state index contributed by atoms with van der Waals surface area (Å²) in [5.74, 6) is -0.243. The molecule has 2 unspecified atom stereocenters. The number of nitrogens with one attached hydrogen (secondary N) is 2. The lowest BCUT2D eigenvalue weighted by molar-refractivity contribution is -0.123. The number of likely N-dealkylation sites (tertiary alicyclic amines) is 1. The van der Waals surface area contributed by atoms with Crippen molar-refractivity contribution in [3.63, 3.8) is 0 Å². The van der Waals surface area contributed by atoms with Crippen molar-refractivity contribution in [2.75, 3.05) is 19.6 Å². The molecule has 27 heavy (non-hydrogen) atoms. The minimum atomic E-state index is -0.682. The zero-order valence-corrected chi connectivity index (χ0v) is 17.3. The first kappa shape index (κ1) is 21.5. The van der Waals surface area contributed by atoms with Crippen LogP contribution in [0.2, 0.25) is 5.02 Å². The lowest BCUT2D eigenvalue weighted by atomic mass is 10.1. The molecule has 2 N–H and O–H groups in total. The fraction of sp³-hybridized carbons (Fsp3) is 0.600. The van der Waals surface area contributed by atoms with Gasteiger partial charge in [0.25, 0.3) is 0 Å². The second-order valence-corrected chi connectivity index (χ2v) is 8.36. The maximum absolute atomic E-state index is 12.4. The standard InChI is InChI=1S/C20H30ClN3O3/c1-14(23-19(26)27-20(2,3)4)18(25)22-13-17(24-10-5-6-11-24)15-8-7-9-16(21)12-15/h7-9,12,14,17H,5-6,10-11,13H2,1-4H3,(H,22,25)(H,23,26). The molecule has 0 bridgehead atoms. The minimum absolute atomic E-state index is 0.0591. The normalized spacial score (nSPS) is 17.2. The van der Waals surface area contributed by atoms with Crippen LogP contribution in [0.4, 0.5) is 4.79 Å². The Hall–Kier alpha value is -1.79. The molecule has 1 aliphatic heterocycles. The molecule has 1 saturated heterocycles. The second kappa shape index (κ2) is 9.42. The van der Waals surface area contributed by atoms with Crippen LogP contribution in [0, 0.1) is 0 Å². The van der Waals surface area contributed by atoms with Gasteiger partial charge in [0, 0.05) is 11.6 Å². The third-order valence-corrected chi connectivity index (χ3v) is 4.65. The molecule has 0 saturated carbocycles. The Morgan fingerprint density at radius 1 is 1.26 bits per heavy atom. The number of carbonyl (C=O) groups is 2. The van der Waals surface area contributed by atoms with E-state index in [1.54, 1.807) is 27.7 Å². The van der Waals surface area contributed by atoms with Gasteiger partial charge in [-0.2, -0.15) is 0 Å². The Bertz CT molecular complexity index is 654. The summed E-state index contributed by atoms with van der Waals surface area (Å²) in [5.41, 5.74) is 0.478. The van der Waals surface area contributed by atoms with Crippen molar-refractivity contribution in [1.82, 2.24) is 15.5 Å². The van der Waals surface area contributed by atoms with Crippen LogP contribution in [0.1, 0.15) is 52.1 Å². The molecule has 0 aliphatic carbocycles. The third-order valence-electron chi connectivity index (χ3n) is 4.41. The summed E-state index contributed by atoms with van der Waals surface area (Å²) in [6.45, 7) is 9.44. The topological polar surface area (TPSA) is 70.7 Å². The van der Waals surface area contributed by atoms with Crippen molar-refractivity contribution < 1.29 is 14.3 Å². The molecule has 1 aliphatic rings. The van der Waals surface area contributed by atoms with Gasteiger partial charge in [0.15, 0.2) is 0 Å². The fourth-order valence-electron chi connectivity index (χ4n) is 3.13.